The smallest absolute Gasteiger partial charge is 0.219 e. The van der Waals surface area contributed by atoms with E-state index in [-0.39, 0.29) is 5.82 Å². The Kier molecular flexibility index (Phi) is 3.05. The van der Waals surface area contributed by atoms with Crippen LogP contribution in [-0.2, 0) is 0 Å². The molecule has 0 fully saturated rings. The zero-order valence-corrected chi connectivity index (χ0v) is 9.74. The minimum absolute atomic E-state index is 0.371. The third-order valence-corrected chi connectivity index (χ3v) is 2.52. The van der Waals surface area contributed by atoms with Gasteiger partial charge >= 0.3 is 0 Å². The molecule has 0 aliphatic carbocycles. The van der Waals surface area contributed by atoms with Crippen LogP contribution in [0.5, 0.6) is 11.6 Å². The average Bonchev–Trinajstić information content (AvgIpc) is 2.27. The Bertz CT molecular complexity index is 502. The predicted octanol–water partition coefficient (Wildman–Crippen LogP) is 3.36. The van der Waals surface area contributed by atoms with Gasteiger partial charge in [0.1, 0.15) is 11.6 Å². The van der Waals surface area contributed by atoms with Gasteiger partial charge in [0.15, 0.2) is 0 Å². The molecule has 0 saturated heterocycles. The molecule has 0 bridgehead atoms. The second-order valence-corrected chi connectivity index (χ2v) is 3.96. The third-order valence-electron chi connectivity index (χ3n) is 1.87. The van der Waals surface area contributed by atoms with E-state index in [1.807, 2.05) is 0 Å². The zero-order valence-electron chi connectivity index (χ0n) is 8.15. The van der Waals surface area contributed by atoms with Crippen molar-refractivity contribution in [2.24, 2.45) is 0 Å². The second kappa shape index (κ2) is 4.49. The maximum absolute atomic E-state index is 13.2. The lowest BCUT2D eigenvalue weighted by atomic mass is 10.3. The van der Waals surface area contributed by atoms with E-state index >= 15 is 0 Å². The number of halogens is 2. The van der Waals surface area contributed by atoms with Crippen molar-refractivity contribution in [3.63, 3.8) is 0 Å². The van der Waals surface area contributed by atoms with Gasteiger partial charge in [0.05, 0.1) is 16.4 Å². The van der Waals surface area contributed by atoms with Crippen LogP contribution in [0.25, 0.3) is 0 Å². The first-order valence-electron chi connectivity index (χ1n) is 4.49. The summed E-state index contributed by atoms with van der Waals surface area (Å²) in [6.07, 6.45) is 1.48. The van der Waals surface area contributed by atoms with E-state index in [2.05, 4.69) is 20.9 Å². The maximum atomic E-state index is 13.2. The molecule has 0 aliphatic heterocycles. The van der Waals surface area contributed by atoms with Crippen molar-refractivity contribution < 1.29 is 9.13 Å². The Morgan fingerprint density at radius 3 is 2.69 bits per heavy atom. The predicted molar refractivity (Wildman–Crippen MR) is 62.8 cm³/mol. The monoisotopic (exact) mass is 282 g/mol. The van der Waals surface area contributed by atoms with Crippen molar-refractivity contribution in [2.75, 3.05) is 5.73 Å². The van der Waals surface area contributed by atoms with Crippen molar-refractivity contribution in [1.82, 2.24) is 4.98 Å². The van der Waals surface area contributed by atoms with Crippen molar-refractivity contribution in [3.8, 4) is 11.6 Å². The lowest BCUT2D eigenvalue weighted by Crippen LogP contribution is -1.90. The summed E-state index contributed by atoms with van der Waals surface area (Å²) >= 11 is 3.06. The third kappa shape index (κ3) is 2.49. The maximum Gasteiger partial charge on any atom is 0.219 e. The molecule has 5 heteroatoms. The number of benzene rings is 1. The number of nitrogen functional groups attached to an aromatic ring is 1. The highest BCUT2D eigenvalue weighted by atomic mass is 79.9. The number of hydrogen-bond donors (Lipinski definition) is 1. The SMILES string of the molecule is Nc1ccc(Oc2ccc(Br)c(F)c2)nc1. The molecule has 2 rings (SSSR count). The quantitative estimate of drug-likeness (QED) is 0.919. The van der Waals surface area contributed by atoms with Gasteiger partial charge in [0.2, 0.25) is 5.88 Å². The zero-order chi connectivity index (χ0) is 11.5. The first-order chi connectivity index (χ1) is 7.65. The van der Waals surface area contributed by atoms with Gasteiger partial charge in [-0.1, -0.05) is 0 Å². The molecule has 3 nitrogen and oxygen atoms in total. The van der Waals surface area contributed by atoms with Crippen molar-refractivity contribution in [1.29, 1.82) is 0 Å². The Balaban J connectivity index is 2.20. The van der Waals surface area contributed by atoms with Crippen LogP contribution in [0.4, 0.5) is 10.1 Å². The average molecular weight is 283 g/mol. The van der Waals surface area contributed by atoms with E-state index in [4.69, 9.17) is 10.5 Å². The van der Waals surface area contributed by atoms with Gasteiger partial charge < -0.3 is 10.5 Å². The number of ether oxygens (including phenoxy) is 1. The number of hydrogen-bond acceptors (Lipinski definition) is 3. The lowest BCUT2D eigenvalue weighted by Gasteiger charge is -2.05. The molecule has 2 N–H and O–H groups in total. The molecule has 0 radical (unpaired) electrons. The number of nitrogens with two attached hydrogens (primary N) is 1. The van der Waals surface area contributed by atoms with Gasteiger partial charge in [0.25, 0.3) is 0 Å². The number of rotatable bonds is 2. The van der Waals surface area contributed by atoms with Gasteiger partial charge in [0, 0.05) is 12.1 Å². The van der Waals surface area contributed by atoms with Crippen LogP contribution in [0.15, 0.2) is 41.0 Å². The van der Waals surface area contributed by atoms with E-state index in [0.717, 1.165) is 0 Å². The molecule has 1 heterocycles. The normalized spacial score (nSPS) is 10.1. The van der Waals surface area contributed by atoms with Gasteiger partial charge in [-0.25, -0.2) is 9.37 Å². The summed E-state index contributed by atoms with van der Waals surface area (Å²) in [6, 6.07) is 7.78. The molecule has 0 saturated carbocycles. The molecule has 1 aromatic carbocycles. The highest BCUT2D eigenvalue weighted by Crippen LogP contribution is 2.24. The lowest BCUT2D eigenvalue weighted by molar-refractivity contribution is 0.458. The van der Waals surface area contributed by atoms with Gasteiger partial charge in [-0.05, 0) is 34.1 Å². The molecule has 0 atom stereocenters. The Morgan fingerprint density at radius 1 is 1.25 bits per heavy atom. The molecule has 16 heavy (non-hydrogen) atoms. The van der Waals surface area contributed by atoms with E-state index in [1.165, 1.54) is 12.3 Å². The van der Waals surface area contributed by atoms with E-state index in [9.17, 15) is 4.39 Å². The van der Waals surface area contributed by atoms with Crippen molar-refractivity contribution >= 4 is 21.6 Å². The standard InChI is InChI=1S/C11H8BrFN2O/c12-9-3-2-8(5-10(9)13)16-11-4-1-7(14)6-15-11/h1-6H,14H2. The summed E-state index contributed by atoms with van der Waals surface area (Å²) in [4.78, 5) is 3.94. The number of anilines is 1. The van der Waals surface area contributed by atoms with Crippen molar-refractivity contribution in [3.05, 3.63) is 46.8 Å². The Hall–Kier alpha value is -1.62. The summed E-state index contributed by atoms with van der Waals surface area (Å²) in [5, 5.41) is 0. The molecule has 1 aromatic heterocycles. The Labute approximate surface area is 100 Å². The second-order valence-electron chi connectivity index (χ2n) is 3.11. The minimum Gasteiger partial charge on any atom is -0.439 e. The van der Waals surface area contributed by atoms with Crippen LogP contribution < -0.4 is 10.5 Å². The topological polar surface area (TPSA) is 48.1 Å². The molecule has 82 valence electrons. The first kappa shape index (κ1) is 10.9. The number of nitrogens with zero attached hydrogens (tertiary/aromatic N) is 1. The van der Waals surface area contributed by atoms with Crippen LogP contribution in [0, 0.1) is 5.82 Å². The van der Waals surface area contributed by atoms with E-state index in [0.29, 0.717) is 21.8 Å². The number of pyridine rings is 1. The fourth-order valence-electron chi connectivity index (χ4n) is 1.11. The minimum atomic E-state index is -0.382. The summed E-state index contributed by atoms with van der Waals surface area (Å²) in [5.41, 5.74) is 6.03. The molecule has 0 unspecified atom stereocenters. The van der Waals surface area contributed by atoms with Crippen molar-refractivity contribution in [2.45, 2.75) is 0 Å². The summed E-state index contributed by atoms with van der Waals surface area (Å²) in [5.74, 6) is 0.377. The van der Waals surface area contributed by atoms with Crippen LogP contribution in [0.3, 0.4) is 0 Å². The van der Waals surface area contributed by atoms with Crippen LogP contribution in [0.2, 0.25) is 0 Å². The molecule has 0 amide bonds. The first-order valence-corrected chi connectivity index (χ1v) is 5.29. The fourth-order valence-corrected chi connectivity index (χ4v) is 1.36. The largest absolute Gasteiger partial charge is 0.439 e. The molecular formula is C11H8BrFN2O. The molecule has 0 spiro atoms. The van der Waals surface area contributed by atoms with Crippen LogP contribution >= 0.6 is 15.9 Å². The van der Waals surface area contributed by atoms with E-state index < -0.39 is 0 Å². The number of aromatic nitrogens is 1. The highest BCUT2D eigenvalue weighted by molar-refractivity contribution is 9.10. The molecular weight excluding hydrogens is 275 g/mol. The van der Waals surface area contributed by atoms with Crippen LogP contribution in [0.1, 0.15) is 0 Å². The summed E-state index contributed by atoms with van der Waals surface area (Å²) in [7, 11) is 0. The Morgan fingerprint density at radius 2 is 2.06 bits per heavy atom. The van der Waals surface area contributed by atoms with Gasteiger partial charge in [-0.2, -0.15) is 0 Å². The summed E-state index contributed by atoms with van der Waals surface area (Å²) < 4.78 is 18.9. The van der Waals surface area contributed by atoms with Gasteiger partial charge in [-0.3, -0.25) is 0 Å². The molecule has 0 aliphatic rings. The molecule has 2 aromatic rings. The summed E-state index contributed by atoms with van der Waals surface area (Å²) in [6.45, 7) is 0. The fraction of sp³-hybridized carbons (Fsp3) is 0. The highest BCUT2D eigenvalue weighted by Gasteiger charge is 2.03. The van der Waals surface area contributed by atoms with Crippen LogP contribution in [-0.4, -0.2) is 4.98 Å². The van der Waals surface area contributed by atoms with Gasteiger partial charge in [-0.15, -0.1) is 0 Å². The van der Waals surface area contributed by atoms with E-state index in [1.54, 1.807) is 24.3 Å².